The molecule has 1 aromatic heterocycles. The van der Waals surface area contributed by atoms with Crippen molar-refractivity contribution < 1.29 is 13.2 Å². The van der Waals surface area contributed by atoms with Crippen LogP contribution in [0.5, 0.6) is 0 Å². The lowest BCUT2D eigenvalue weighted by Crippen LogP contribution is -2.15. The number of carbonyl (C=O) groups is 1. The van der Waals surface area contributed by atoms with Crippen LogP contribution >= 0.6 is 0 Å². The molecule has 2 rings (SSSR count). The second-order valence-electron chi connectivity index (χ2n) is 4.66. The van der Waals surface area contributed by atoms with E-state index in [2.05, 4.69) is 10.3 Å². The molecule has 0 aliphatic carbocycles. The van der Waals surface area contributed by atoms with Crippen molar-refractivity contribution in [2.45, 2.75) is 18.7 Å². The summed E-state index contributed by atoms with van der Waals surface area (Å²) in [6.07, 6.45) is 1.48. The first-order chi connectivity index (χ1) is 9.77. The second-order valence-corrected chi connectivity index (χ2v) is 6.23. The predicted molar refractivity (Wildman–Crippen MR) is 79.5 cm³/mol. The van der Waals surface area contributed by atoms with Gasteiger partial charge in [0.2, 0.25) is 10.0 Å². The Morgan fingerprint density at radius 1 is 1.19 bits per heavy atom. The van der Waals surface area contributed by atoms with E-state index >= 15 is 0 Å². The number of nitrogens with zero attached hydrogens (tertiary/aromatic N) is 1. The van der Waals surface area contributed by atoms with Crippen molar-refractivity contribution in [3.8, 4) is 0 Å². The maximum absolute atomic E-state index is 12.1. The fraction of sp³-hybridized carbons (Fsp3) is 0.143. The Hall–Kier alpha value is -2.25. The van der Waals surface area contributed by atoms with E-state index in [0.717, 1.165) is 5.69 Å². The van der Waals surface area contributed by atoms with Gasteiger partial charge in [-0.3, -0.25) is 9.78 Å². The summed E-state index contributed by atoms with van der Waals surface area (Å²) < 4.78 is 22.5. The van der Waals surface area contributed by atoms with Crippen LogP contribution in [0.1, 0.15) is 21.6 Å². The summed E-state index contributed by atoms with van der Waals surface area (Å²) in [4.78, 5) is 16.1. The summed E-state index contributed by atoms with van der Waals surface area (Å²) in [5.41, 5.74) is 2.37. The number of carbonyl (C=O) groups excluding carboxylic acids is 1. The van der Waals surface area contributed by atoms with Crippen LogP contribution in [0.4, 0.5) is 5.69 Å². The molecule has 0 saturated carbocycles. The summed E-state index contributed by atoms with van der Waals surface area (Å²) >= 11 is 0. The van der Waals surface area contributed by atoms with Gasteiger partial charge in [0, 0.05) is 17.6 Å². The number of nitrogens with one attached hydrogen (secondary N) is 1. The molecule has 0 saturated heterocycles. The highest BCUT2D eigenvalue weighted by Gasteiger charge is 2.12. The van der Waals surface area contributed by atoms with Crippen molar-refractivity contribution in [3.63, 3.8) is 0 Å². The van der Waals surface area contributed by atoms with Gasteiger partial charge in [-0.1, -0.05) is 0 Å². The Morgan fingerprint density at radius 3 is 2.43 bits per heavy atom. The van der Waals surface area contributed by atoms with E-state index in [-0.39, 0.29) is 10.8 Å². The van der Waals surface area contributed by atoms with E-state index in [1.165, 1.54) is 24.4 Å². The molecule has 1 heterocycles. The zero-order valence-corrected chi connectivity index (χ0v) is 12.4. The van der Waals surface area contributed by atoms with Crippen molar-refractivity contribution >= 4 is 21.6 Å². The van der Waals surface area contributed by atoms with Crippen molar-refractivity contribution in [2.75, 3.05) is 5.32 Å². The molecule has 0 aliphatic heterocycles. The third kappa shape index (κ3) is 3.65. The summed E-state index contributed by atoms with van der Waals surface area (Å²) in [6, 6.07) is 7.69. The molecular weight excluding hydrogens is 290 g/mol. The molecule has 0 spiro atoms. The van der Waals surface area contributed by atoms with Gasteiger partial charge >= 0.3 is 0 Å². The number of aromatic nitrogens is 1. The number of aryl methyl sites for hydroxylation is 2. The van der Waals surface area contributed by atoms with Gasteiger partial charge < -0.3 is 5.32 Å². The number of rotatable bonds is 3. The third-order valence-corrected chi connectivity index (χ3v) is 3.86. The smallest absolute Gasteiger partial charge is 0.257 e. The second kappa shape index (κ2) is 5.63. The lowest BCUT2D eigenvalue weighted by molar-refractivity contribution is 0.102. The average Bonchev–Trinajstić information content (AvgIpc) is 2.40. The van der Waals surface area contributed by atoms with Gasteiger partial charge in [-0.2, -0.15) is 0 Å². The maximum atomic E-state index is 12.1. The van der Waals surface area contributed by atoms with Crippen LogP contribution in [0.3, 0.4) is 0 Å². The minimum Gasteiger partial charge on any atom is -0.322 e. The van der Waals surface area contributed by atoms with E-state index in [1.807, 2.05) is 6.92 Å². The molecule has 0 fully saturated rings. The Balaban J connectivity index is 2.24. The first-order valence-corrected chi connectivity index (χ1v) is 7.69. The van der Waals surface area contributed by atoms with Crippen LogP contribution in [-0.4, -0.2) is 19.3 Å². The van der Waals surface area contributed by atoms with Crippen LogP contribution < -0.4 is 10.5 Å². The number of pyridine rings is 1. The molecule has 2 aromatic rings. The first-order valence-electron chi connectivity index (χ1n) is 6.15. The zero-order valence-electron chi connectivity index (χ0n) is 11.6. The number of amides is 1. The number of sulfonamides is 1. The molecule has 21 heavy (non-hydrogen) atoms. The van der Waals surface area contributed by atoms with Crippen LogP contribution in [0.2, 0.25) is 0 Å². The molecule has 3 N–H and O–H groups in total. The van der Waals surface area contributed by atoms with E-state index in [1.54, 1.807) is 19.1 Å². The Labute approximate surface area is 123 Å². The lowest BCUT2D eigenvalue weighted by atomic mass is 10.2. The summed E-state index contributed by atoms with van der Waals surface area (Å²) in [5, 5.41) is 7.77. The normalized spacial score (nSPS) is 11.2. The van der Waals surface area contributed by atoms with Gasteiger partial charge in [-0.25, -0.2) is 13.6 Å². The van der Waals surface area contributed by atoms with Gasteiger partial charge in [0.1, 0.15) is 0 Å². The fourth-order valence-corrected chi connectivity index (χ4v) is 2.35. The SMILES string of the molecule is Cc1ccc(C(=O)Nc2ccc(S(N)(=O)=O)cc2C)cn1. The molecular formula is C14H15N3O3S. The highest BCUT2D eigenvalue weighted by molar-refractivity contribution is 7.89. The molecule has 0 unspecified atom stereocenters. The molecule has 0 atom stereocenters. The standard InChI is InChI=1S/C14H15N3O3S/c1-9-7-12(21(15,19)20)5-6-13(9)17-14(18)11-4-3-10(2)16-8-11/h3-8H,1-2H3,(H,17,18)(H2,15,19,20). The van der Waals surface area contributed by atoms with Crippen LogP contribution in [0.15, 0.2) is 41.4 Å². The zero-order chi connectivity index (χ0) is 15.6. The molecule has 1 amide bonds. The van der Waals surface area contributed by atoms with E-state index < -0.39 is 10.0 Å². The Morgan fingerprint density at radius 2 is 1.90 bits per heavy atom. The molecule has 7 heteroatoms. The van der Waals surface area contributed by atoms with Crippen molar-refractivity contribution in [2.24, 2.45) is 5.14 Å². The molecule has 6 nitrogen and oxygen atoms in total. The third-order valence-electron chi connectivity index (χ3n) is 2.95. The van der Waals surface area contributed by atoms with Gasteiger partial charge in [0.15, 0.2) is 0 Å². The van der Waals surface area contributed by atoms with Crippen molar-refractivity contribution in [3.05, 3.63) is 53.3 Å². The van der Waals surface area contributed by atoms with Gasteiger partial charge in [0.05, 0.1) is 10.5 Å². The largest absolute Gasteiger partial charge is 0.322 e. The summed E-state index contributed by atoms with van der Waals surface area (Å²) in [5.74, 6) is -0.311. The number of hydrogen-bond donors (Lipinski definition) is 2. The van der Waals surface area contributed by atoms with E-state index in [4.69, 9.17) is 5.14 Å². The highest BCUT2D eigenvalue weighted by atomic mass is 32.2. The van der Waals surface area contributed by atoms with Gasteiger partial charge in [0.25, 0.3) is 5.91 Å². The molecule has 110 valence electrons. The number of hydrogen-bond acceptors (Lipinski definition) is 4. The fourth-order valence-electron chi connectivity index (χ4n) is 1.75. The number of benzene rings is 1. The van der Waals surface area contributed by atoms with Crippen LogP contribution in [0.25, 0.3) is 0 Å². The number of nitrogens with two attached hydrogens (primary N) is 1. The van der Waals surface area contributed by atoms with Crippen molar-refractivity contribution in [1.82, 2.24) is 4.98 Å². The summed E-state index contributed by atoms with van der Waals surface area (Å²) in [7, 11) is -3.75. The monoisotopic (exact) mass is 305 g/mol. The molecule has 0 radical (unpaired) electrons. The van der Waals surface area contributed by atoms with Gasteiger partial charge in [-0.05, 0) is 49.7 Å². The van der Waals surface area contributed by atoms with Crippen LogP contribution in [-0.2, 0) is 10.0 Å². The minimum absolute atomic E-state index is 0.00926. The quantitative estimate of drug-likeness (QED) is 0.899. The maximum Gasteiger partial charge on any atom is 0.257 e. The highest BCUT2D eigenvalue weighted by Crippen LogP contribution is 2.19. The van der Waals surface area contributed by atoms with Crippen LogP contribution in [0, 0.1) is 13.8 Å². The number of anilines is 1. The van der Waals surface area contributed by atoms with Gasteiger partial charge in [-0.15, -0.1) is 0 Å². The molecule has 0 aliphatic rings. The lowest BCUT2D eigenvalue weighted by Gasteiger charge is -2.09. The Bertz CT molecular complexity index is 784. The van der Waals surface area contributed by atoms with Crippen molar-refractivity contribution in [1.29, 1.82) is 0 Å². The summed E-state index contributed by atoms with van der Waals surface area (Å²) in [6.45, 7) is 3.52. The molecule has 1 aromatic carbocycles. The molecule has 0 bridgehead atoms. The first kappa shape index (κ1) is 15.1. The predicted octanol–water partition coefficient (Wildman–Crippen LogP) is 1.60. The average molecular weight is 305 g/mol. The Kier molecular flexibility index (Phi) is 4.06. The van der Waals surface area contributed by atoms with E-state index in [9.17, 15) is 13.2 Å². The van der Waals surface area contributed by atoms with E-state index in [0.29, 0.717) is 16.8 Å². The minimum atomic E-state index is -3.75. The topological polar surface area (TPSA) is 102 Å². The number of primary sulfonamides is 1.